The molecule has 0 aliphatic heterocycles. The summed E-state index contributed by atoms with van der Waals surface area (Å²) in [6.07, 6.45) is 1.74. The van der Waals surface area contributed by atoms with Crippen molar-refractivity contribution in [2.45, 2.75) is 11.7 Å². The number of hydrogen-bond acceptors (Lipinski definition) is 6. The van der Waals surface area contributed by atoms with Gasteiger partial charge in [-0.3, -0.25) is 9.36 Å². The van der Waals surface area contributed by atoms with Crippen molar-refractivity contribution in [3.05, 3.63) is 67.3 Å². The summed E-state index contributed by atoms with van der Waals surface area (Å²) in [7, 11) is 0. The van der Waals surface area contributed by atoms with Crippen molar-refractivity contribution in [3.8, 4) is 17.3 Å². The lowest BCUT2D eigenvalue weighted by Crippen LogP contribution is -2.14. The summed E-state index contributed by atoms with van der Waals surface area (Å²) in [5, 5.41) is 22.5. The van der Waals surface area contributed by atoms with Gasteiger partial charge in [-0.1, -0.05) is 48.2 Å². The summed E-state index contributed by atoms with van der Waals surface area (Å²) < 4.78 is 7.75. The summed E-state index contributed by atoms with van der Waals surface area (Å²) in [6, 6.07) is 16.2. The predicted octanol–water partition coefficient (Wildman–Crippen LogP) is 4.31. The van der Waals surface area contributed by atoms with Gasteiger partial charge >= 0.3 is 0 Å². The first-order valence-electron chi connectivity index (χ1n) is 8.89. The van der Waals surface area contributed by atoms with Crippen molar-refractivity contribution in [1.29, 1.82) is 0 Å². The van der Waals surface area contributed by atoms with E-state index in [0.29, 0.717) is 29.0 Å². The van der Waals surface area contributed by atoms with E-state index in [9.17, 15) is 9.90 Å². The van der Waals surface area contributed by atoms with Gasteiger partial charge in [0.1, 0.15) is 11.3 Å². The molecule has 1 amide bonds. The Morgan fingerprint density at radius 1 is 1.21 bits per heavy atom. The SMILES string of the molecule is C=CCn1c(SCC(=O)Nc2ccccc2O)nnc1-c1cc2ccccc2o1. The molecule has 0 radical (unpaired) electrons. The number of thioether (sulfide) groups is 1. The molecule has 0 saturated carbocycles. The fourth-order valence-corrected chi connectivity index (χ4v) is 3.61. The first-order chi connectivity index (χ1) is 14.2. The van der Waals surface area contributed by atoms with Crippen LogP contribution in [0, 0.1) is 0 Å². The molecule has 4 aromatic rings. The van der Waals surface area contributed by atoms with Gasteiger partial charge < -0.3 is 14.8 Å². The normalized spacial score (nSPS) is 10.9. The summed E-state index contributed by atoms with van der Waals surface area (Å²) >= 11 is 1.25. The van der Waals surface area contributed by atoms with Crippen molar-refractivity contribution in [2.75, 3.05) is 11.1 Å². The van der Waals surface area contributed by atoms with E-state index in [1.165, 1.54) is 17.8 Å². The highest BCUT2D eigenvalue weighted by Crippen LogP contribution is 2.29. The molecule has 0 unspecified atom stereocenters. The van der Waals surface area contributed by atoms with E-state index in [4.69, 9.17) is 4.42 Å². The maximum absolute atomic E-state index is 12.3. The number of aromatic nitrogens is 3. The van der Waals surface area contributed by atoms with Gasteiger partial charge in [0, 0.05) is 11.9 Å². The molecular weight excluding hydrogens is 388 g/mol. The Kier molecular flexibility index (Phi) is 5.35. The minimum atomic E-state index is -0.255. The van der Waals surface area contributed by atoms with Crippen molar-refractivity contribution in [2.24, 2.45) is 0 Å². The number of hydrogen-bond donors (Lipinski definition) is 2. The maximum Gasteiger partial charge on any atom is 0.234 e. The second-order valence-corrected chi connectivity index (χ2v) is 7.15. The van der Waals surface area contributed by atoms with E-state index in [1.807, 2.05) is 34.9 Å². The average Bonchev–Trinajstić information content (AvgIpc) is 3.32. The number of para-hydroxylation sites is 3. The molecule has 4 rings (SSSR count). The summed E-state index contributed by atoms with van der Waals surface area (Å²) in [5.41, 5.74) is 1.14. The monoisotopic (exact) mass is 406 g/mol. The minimum absolute atomic E-state index is 0.0212. The molecule has 29 heavy (non-hydrogen) atoms. The highest BCUT2D eigenvalue weighted by molar-refractivity contribution is 7.99. The number of anilines is 1. The second kappa shape index (κ2) is 8.24. The van der Waals surface area contributed by atoms with Crippen molar-refractivity contribution in [3.63, 3.8) is 0 Å². The molecule has 0 aliphatic rings. The number of phenolic OH excluding ortho intramolecular Hbond substituents is 1. The Morgan fingerprint density at radius 3 is 2.79 bits per heavy atom. The van der Waals surface area contributed by atoms with Gasteiger partial charge in [0.05, 0.1) is 11.4 Å². The fraction of sp³-hybridized carbons (Fsp3) is 0.0952. The molecular formula is C21H18N4O3S. The van der Waals surface area contributed by atoms with Gasteiger partial charge in [0.25, 0.3) is 0 Å². The first kappa shape index (κ1) is 18.8. The molecule has 0 saturated heterocycles. The number of nitrogens with zero attached hydrogens (tertiary/aromatic N) is 3. The van der Waals surface area contributed by atoms with Crippen molar-refractivity contribution in [1.82, 2.24) is 14.8 Å². The van der Waals surface area contributed by atoms with Crippen molar-refractivity contribution >= 4 is 34.3 Å². The minimum Gasteiger partial charge on any atom is -0.506 e. The van der Waals surface area contributed by atoms with Gasteiger partial charge in [-0.15, -0.1) is 16.8 Å². The Labute approximate surface area is 171 Å². The lowest BCUT2D eigenvalue weighted by molar-refractivity contribution is -0.113. The standard InChI is InChI=1S/C21H18N4O3S/c1-2-11-25-20(18-12-14-7-3-6-10-17(14)28-18)23-24-21(25)29-13-19(27)22-15-8-4-5-9-16(15)26/h2-10,12,26H,1,11,13H2,(H,22,27). The highest BCUT2D eigenvalue weighted by atomic mass is 32.2. The van der Waals surface area contributed by atoms with Gasteiger partial charge in [-0.2, -0.15) is 0 Å². The van der Waals surface area contributed by atoms with E-state index in [2.05, 4.69) is 22.1 Å². The lowest BCUT2D eigenvalue weighted by Gasteiger charge is -2.08. The van der Waals surface area contributed by atoms with E-state index in [-0.39, 0.29) is 17.4 Å². The van der Waals surface area contributed by atoms with Crippen LogP contribution in [0.25, 0.3) is 22.6 Å². The molecule has 0 spiro atoms. The van der Waals surface area contributed by atoms with Crippen LogP contribution < -0.4 is 5.32 Å². The third-order valence-corrected chi connectivity index (χ3v) is 5.15. The lowest BCUT2D eigenvalue weighted by atomic mass is 10.2. The van der Waals surface area contributed by atoms with Crippen LogP contribution in [0.1, 0.15) is 0 Å². The largest absolute Gasteiger partial charge is 0.506 e. The highest BCUT2D eigenvalue weighted by Gasteiger charge is 2.18. The second-order valence-electron chi connectivity index (χ2n) is 6.21. The zero-order valence-electron chi connectivity index (χ0n) is 15.4. The average molecular weight is 406 g/mol. The molecule has 0 atom stereocenters. The number of aromatic hydroxyl groups is 1. The third kappa shape index (κ3) is 4.02. The van der Waals surface area contributed by atoms with Crippen LogP contribution in [-0.4, -0.2) is 31.5 Å². The maximum atomic E-state index is 12.3. The number of allylic oxidation sites excluding steroid dienone is 1. The number of fused-ring (bicyclic) bond motifs is 1. The number of phenols is 1. The fourth-order valence-electron chi connectivity index (χ4n) is 2.86. The summed E-state index contributed by atoms with van der Waals surface area (Å²) in [4.78, 5) is 12.3. The third-order valence-electron chi connectivity index (χ3n) is 4.18. The Morgan fingerprint density at radius 2 is 2.00 bits per heavy atom. The van der Waals surface area contributed by atoms with Crippen LogP contribution in [0.3, 0.4) is 0 Å². The quantitative estimate of drug-likeness (QED) is 0.270. The molecule has 0 aliphatic carbocycles. The van der Waals surface area contributed by atoms with E-state index in [0.717, 1.165) is 11.0 Å². The molecule has 2 aromatic heterocycles. The number of carbonyl (C=O) groups is 1. The van der Waals surface area contributed by atoms with Crippen LogP contribution in [-0.2, 0) is 11.3 Å². The van der Waals surface area contributed by atoms with E-state index in [1.54, 1.807) is 24.3 Å². The van der Waals surface area contributed by atoms with Gasteiger partial charge in [0.2, 0.25) is 11.7 Å². The first-order valence-corrected chi connectivity index (χ1v) is 9.88. The van der Waals surface area contributed by atoms with Gasteiger partial charge in [-0.05, 0) is 24.3 Å². The van der Waals surface area contributed by atoms with Crippen molar-refractivity contribution < 1.29 is 14.3 Å². The van der Waals surface area contributed by atoms with Crippen LogP contribution in [0.2, 0.25) is 0 Å². The Hall–Kier alpha value is -3.52. The topological polar surface area (TPSA) is 93.2 Å². The number of nitrogens with one attached hydrogen (secondary N) is 1. The smallest absolute Gasteiger partial charge is 0.234 e. The molecule has 2 heterocycles. The number of furan rings is 1. The summed E-state index contributed by atoms with van der Waals surface area (Å²) in [5.74, 6) is 1.06. The molecule has 0 fully saturated rings. The van der Waals surface area contributed by atoms with Crippen LogP contribution in [0.5, 0.6) is 5.75 Å². The predicted molar refractivity (Wildman–Crippen MR) is 113 cm³/mol. The molecule has 2 N–H and O–H groups in total. The number of carbonyl (C=O) groups excluding carboxylic acids is 1. The molecule has 2 aromatic carbocycles. The number of benzene rings is 2. The van der Waals surface area contributed by atoms with Gasteiger partial charge in [0.15, 0.2) is 10.9 Å². The van der Waals surface area contributed by atoms with E-state index < -0.39 is 0 Å². The number of amides is 1. The molecule has 146 valence electrons. The van der Waals surface area contributed by atoms with Crippen LogP contribution in [0.4, 0.5) is 5.69 Å². The zero-order chi connectivity index (χ0) is 20.2. The molecule has 8 heteroatoms. The van der Waals surface area contributed by atoms with Gasteiger partial charge in [-0.25, -0.2) is 0 Å². The molecule has 7 nitrogen and oxygen atoms in total. The van der Waals surface area contributed by atoms with Crippen LogP contribution in [0.15, 0.2) is 76.8 Å². The zero-order valence-corrected chi connectivity index (χ0v) is 16.2. The number of rotatable bonds is 7. The molecule has 0 bridgehead atoms. The van der Waals surface area contributed by atoms with Crippen LogP contribution >= 0.6 is 11.8 Å². The van der Waals surface area contributed by atoms with E-state index >= 15 is 0 Å². The summed E-state index contributed by atoms with van der Waals surface area (Å²) in [6.45, 7) is 4.27. The Balaban J connectivity index is 1.53. The Bertz CT molecular complexity index is 1150.